The molecule has 2 aromatic heterocycles. The fraction of sp³-hybridized carbons (Fsp3) is 0.0769. The van der Waals surface area contributed by atoms with Gasteiger partial charge >= 0.3 is 0 Å². The van der Waals surface area contributed by atoms with Crippen LogP contribution < -0.4 is 10.3 Å². The molecule has 0 amide bonds. The maximum absolute atomic E-state index is 13.6. The second kappa shape index (κ2) is 8.20. The van der Waals surface area contributed by atoms with Crippen LogP contribution in [0.3, 0.4) is 0 Å². The number of hydrogen-bond acceptors (Lipinski definition) is 5. The number of aryl methyl sites for hydroxylation is 1. The highest BCUT2D eigenvalue weighted by atomic mass is 16.5. The summed E-state index contributed by atoms with van der Waals surface area (Å²) in [5, 5.41) is 8.63. The van der Waals surface area contributed by atoms with Gasteiger partial charge in [0.1, 0.15) is 11.3 Å². The molecule has 0 aliphatic rings. The summed E-state index contributed by atoms with van der Waals surface area (Å²) in [7, 11) is 1.59. The molecule has 0 saturated carbocycles. The molecule has 5 rings (SSSR count). The van der Waals surface area contributed by atoms with Gasteiger partial charge in [0.15, 0.2) is 5.78 Å². The molecule has 0 atom stereocenters. The zero-order valence-corrected chi connectivity index (χ0v) is 18.1. The highest BCUT2D eigenvalue weighted by molar-refractivity contribution is 6.13. The number of H-pyrrole nitrogens is 1. The molecule has 0 saturated heterocycles. The summed E-state index contributed by atoms with van der Waals surface area (Å²) in [5.41, 5.74) is 3.84. The number of nitrogens with one attached hydrogen (secondary N) is 1. The van der Waals surface area contributed by atoms with Gasteiger partial charge in [-0.1, -0.05) is 59.8 Å². The van der Waals surface area contributed by atoms with Crippen LogP contribution in [0.5, 0.6) is 5.75 Å². The van der Waals surface area contributed by atoms with Gasteiger partial charge in [0.25, 0.3) is 5.56 Å². The van der Waals surface area contributed by atoms with Gasteiger partial charge < -0.3 is 9.72 Å². The van der Waals surface area contributed by atoms with Crippen LogP contribution in [0.2, 0.25) is 0 Å². The van der Waals surface area contributed by atoms with E-state index in [1.165, 1.54) is 0 Å². The van der Waals surface area contributed by atoms with Gasteiger partial charge in [-0.15, -0.1) is 5.10 Å². The van der Waals surface area contributed by atoms with Crippen LogP contribution in [-0.2, 0) is 0 Å². The molecule has 0 unspecified atom stereocenters. The lowest BCUT2D eigenvalue weighted by atomic mass is 9.93. The Morgan fingerprint density at radius 3 is 2.36 bits per heavy atom. The monoisotopic (exact) mass is 436 g/mol. The van der Waals surface area contributed by atoms with Crippen LogP contribution in [0.1, 0.15) is 21.6 Å². The molecule has 5 aromatic rings. The Morgan fingerprint density at radius 2 is 1.64 bits per heavy atom. The molecule has 0 spiro atoms. The number of rotatable bonds is 5. The third kappa shape index (κ3) is 3.49. The molecule has 0 bridgehead atoms. The van der Waals surface area contributed by atoms with Crippen molar-refractivity contribution in [1.29, 1.82) is 0 Å². The molecule has 0 aliphatic carbocycles. The van der Waals surface area contributed by atoms with Crippen molar-refractivity contribution in [3.05, 3.63) is 106 Å². The van der Waals surface area contributed by atoms with Crippen molar-refractivity contribution in [2.45, 2.75) is 6.92 Å². The lowest BCUT2D eigenvalue weighted by Gasteiger charge is -2.17. The quantitative estimate of drug-likeness (QED) is 0.414. The number of aromatic nitrogens is 4. The summed E-state index contributed by atoms with van der Waals surface area (Å²) in [4.78, 5) is 29.7. The number of ketones is 1. The Hall–Kier alpha value is -4.52. The number of methoxy groups -OCH3 is 1. The molecule has 0 fully saturated rings. The first-order valence-electron chi connectivity index (χ1n) is 10.4. The number of nitrogens with zero attached hydrogens (tertiary/aromatic N) is 3. The molecule has 33 heavy (non-hydrogen) atoms. The fourth-order valence-corrected chi connectivity index (χ4v) is 4.00. The first-order chi connectivity index (χ1) is 16.1. The van der Waals surface area contributed by atoms with Gasteiger partial charge in [0, 0.05) is 16.8 Å². The summed E-state index contributed by atoms with van der Waals surface area (Å²) in [6.07, 6.45) is 0. The molecule has 7 nitrogen and oxygen atoms in total. The first kappa shape index (κ1) is 20.4. The molecule has 0 aliphatic heterocycles. The maximum Gasteiger partial charge on any atom is 0.260 e. The lowest BCUT2D eigenvalue weighted by Crippen LogP contribution is -2.23. The molecule has 1 N–H and O–H groups in total. The van der Waals surface area contributed by atoms with Crippen LogP contribution in [0.25, 0.3) is 27.8 Å². The second-order valence-corrected chi connectivity index (χ2v) is 7.59. The van der Waals surface area contributed by atoms with Crippen molar-refractivity contribution < 1.29 is 9.53 Å². The number of carbonyl (C=O) groups is 1. The molecular formula is C26H20N4O3. The van der Waals surface area contributed by atoms with Crippen molar-refractivity contribution >= 4 is 16.8 Å². The van der Waals surface area contributed by atoms with Crippen molar-refractivity contribution in [3.63, 3.8) is 0 Å². The minimum Gasteiger partial charge on any atom is -0.497 e. The summed E-state index contributed by atoms with van der Waals surface area (Å²) in [6.45, 7) is 1.79. The number of ether oxygens (including phenoxy) is 1. The number of aromatic amines is 1. The predicted molar refractivity (Wildman–Crippen MR) is 126 cm³/mol. The molecule has 2 heterocycles. The Morgan fingerprint density at radius 1 is 0.939 bits per heavy atom. The van der Waals surface area contributed by atoms with Crippen molar-refractivity contribution in [1.82, 2.24) is 20.0 Å². The number of para-hydroxylation sites is 1. The lowest BCUT2D eigenvalue weighted by molar-refractivity contribution is 0.103. The van der Waals surface area contributed by atoms with Gasteiger partial charge in [-0.2, -0.15) is 0 Å². The Bertz CT molecular complexity index is 1530. The zero-order valence-electron chi connectivity index (χ0n) is 18.1. The van der Waals surface area contributed by atoms with Crippen molar-refractivity contribution in [3.8, 4) is 22.6 Å². The van der Waals surface area contributed by atoms with Crippen LogP contribution in [0.4, 0.5) is 0 Å². The van der Waals surface area contributed by atoms with E-state index < -0.39 is 5.56 Å². The van der Waals surface area contributed by atoms with E-state index in [0.29, 0.717) is 39.3 Å². The summed E-state index contributed by atoms with van der Waals surface area (Å²) < 4.78 is 6.97. The highest BCUT2D eigenvalue weighted by Crippen LogP contribution is 2.33. The van der Waals surface area contributed by atoms with E-state index in [1.807, 2.05) is 42.5 Å². The van der Waals surface area contributed by atoms with Crippen LogP contribution >= 0.6 is 0 Å². The van der Waals surface area contributed by atoms with Gasteiger partial charge in [0.2, 0.25) is 0 Å². The first-order valence-corrected chi connectivity index (χ1v) is 10.4. The number of pyridine rings is 1. The van der Waals surface area contributed by atoms with Gasteiger partial charge in [0.05, 0.1) is 23.9 Å². The average Bonchev–Trinajstić information content (AvgIpc) is 3.27. The number of carbonyl (C=O) groups excluding carboxylic acids is 1. The Labute approximate surface area is 189 Å². The van der Waals surface area contributed by atoms with Crippen LogP contribution in [0, 0.1) is 6.92 Å². The van der Waals surface area contributed by atoms with Gasteiger partial charge in [-0.25, -0.2) is 4.68 Å². The smallest absolute Gasteiger partial charge is 0.260 e. The van der Waals surface area contributed by atoms with Crippen molar-refractivity contribution in [2.75, 3.05) is 7.11 Å². The standard InChI is InChI=1S/C26H20N4O3/c1-16-24(30-21-11-7-6-10-20(21)28-29-30)22(17-12-14-19(33-2)15-13-17)23(26(32)27-16)25(31)18-8-4-3-5-9-18/h3-15H,1-2H3,(H,27,32). The molecule has 3 aromatic carbocycles. The summed E-state index contributed by atoms with van der Waals surface area (Å²) in [5.74, 6) is 0.303. The molecule has 162 valence electrons. The number of hydrogen-bond donors (Lipinski definition) is 1. The van der Waals surface area contributed by atoms with E-state index in [2.05, 4.69) is 15.3 Å². The van der Waals surface area contributed by atoms with Crippen molar-refractivity contribution in [2.24, 2.45) is 0 Å². The normalized spacial score (nSPS) is 11.0. The molecule has 0 radical (unpaired) electrons. The van der Waals surface area contributed by atoms with Crippen LogP contribution in [0.15, 0.2) is 83.7 Å². The van der Waals surface area contributed by atoms with E-state index in [4.69, 9.17) is 4.74 Å². The third-order valence-electron chi connectivity index (χ3n) is 5.58. The largest absolute Gasteiger partial charge is 0.497 e. The van der Waals surface area contributed by atoms with E-state index in [9.17, 15) is 9.59 Å². The molecular weight excluding hydrogens is 416 g/mol. The topological polar surface area (TPSA) is 89.9 Å². The predicted octanol–water partition coefficient (Wildman–Crippen LogP) is 4.32. The number of fused-ring (bicyclic) bond motifs is 1. The third-order valence-corrected chi connectivity index (χ3v) is 5.58. The maximum atomic E-state index is 13.6. The van der Waals surface area contributed by atoms with E-state index >= 15 is 0 Å². The Kier molecular flexibility index (Phi) is 5.06. The average molecular weight is 436 g/mol. The minimum absolute atomic E-state index is 0.0477. The number of benzene rings is 3. The zero-order chi connectivity index (χ0) is 22.9. The SMILES string of the molecule is COc1ccc(-c2c(-n3nnc4ccccc43)c(C)[nH]c(=O)c2C(=O)c2ccccc2)cc1. The highest BCUT2D eigenvalue weighted by Gasteiger charge is 2.26. The van der Waals surface area contributed by atoms with Gasteiger partial charge in [-0.05, 0) is 36.8 Å². The summed E-state index contributed by atoms with van der Waals surface area (Å²) >= 11 is 0. The van der Waals surface area contributed by atoms with Crippen LogP contribution in [-0.4, -0.2) is 32.9 Å². The fourth-order valence-electron chi connectivity index (χ4n) is 4.00. The minimum atomic E-state index is -0.458. The van der Waals surface area contributed by atoms with Gasteiger partial charge in [-0.3, -0.25) is 9.59 Å². The molecule has 7 heteroatoms. The van der Waals surface area contributed by atoms with E-state index in [0.717, 1.165) is 5.52 Å². The second-order valence-electron chi connectivity index (χ2n) is 7.59. The van der Waals surface area contributed by atoms with E-state index in [1.54, 1.807) is 55.1 Å². The van der Waals surface area contributed by atoms with E-state index in [-0.39, 0.29) is 11.3 Å². The Balaban J connectivity index is 1.87. The summed E-state index contributed by atoms with van der Waals surface area (Å²) in [6, 6.07) is 23.6.